The van der Waals surface area contributed by atoms with Crippen LogP contribution in [-0.4, -0.2) is 9.97 Å². The molecular weight excluding hydrogens is 253 g/mol. The Balaban J connectivity index is 2.89. The largest absolute Gasteiger partial charge is 0.381 e. The number of rotatable bonds is 0. The number of aromatic nitrogens is 2. The van der Waals surface area contributed by atoms with Crippen molar-refractivity contribution in [2.75, 3.05) is 5.73 Å². The van der Waals surface area contributed by atoms with Crippen molar-refractivity contribution in [2.45, 2.75) is 0 Å². The quantitative estimate of drug-likeness (QED) is 0.790. The Hall–Kier alpha value is -0.870. The molecule has 0 unspecified atom stereocenters. The van der Waals surface area contributed by atoms with Gasteiger partial charge in [0.25, 0.3) is 0 Å². The van der Waals surface area contributed by atoms with Crippen molar-refractivity contribution < 1.29 is 0 Å². The summed E-state index contributed by atoms with van der Waals surface area (Å²) in [7, 11) is 0. The van der Waals surface area contributed by atoms with Gasteiger partial charge in [0.1, 0.15) is 10.1 Å². The molecule has 0 saturated carbocycles. The van der Waals surface area contributed by atoms with Gasteiger partial charge in [0.15, 0.2) is 5.82 Å². The standard InChI is InChI=1S/C8H5BrClN3/c9-7-8(11)13-6-4(10)2-1-3-5(6)12-7/h1-3H,(H2,11,13). The second kappa shape index (κ2) is 3.12. The van der Waals surface area contributed by atoms with Gasteiger partial charge in [0.05, 0.1) is 10.5 Å². The molecule has 0 fully saturated rings. The maximum atomic E-state index is 5.91. The SMILES string of the molecule is Nc1nc2c(Cl)cccc2nc1Br. The first-order valence-electron chi connectivity index (χ1n) is 3.56. The summed E-state index contributed by atoms with van der Waals surface area (Å²) in [6.07, 6.45) is 0. The Morgan fingerprint density at radius 2 is 2.08 bits per heavy atom. The zero-order chi connectivity index (χ0) is 9.42. The highest BCUT2D eigenvalue weighted by Crippen LogP contribution is 2.24. The fourth-order valence-corrected chi connectivity index (χ4v) is 1.53. The van der Waals surface area contributed by atoms with Gasteiger partial charge in [-0.25, -0.2) is 9.97 Å². The van der Waals surface area contributed by atoms with Crippen molar-refractivity contribution >= 4 is 44.4 Å². The molecule has 2 aromatic rings. The minimum atomic E-state index is 0.348. The number of anilines is 1. The number of hydrogen-bond acceptors (Lipinski definition) is 3. The van der Waals surface area contributed by atoms with Crippen molar-refractivity contribution in [1.29, 1.82) is 0 Å². The molecule has 2 N–H and O–H groups in total. The maximum absolute atomic E-state index is 5.91. The fraction of sp³-hybridized carbons (Fsp3) is 0. The lowest BCUT2D eigenvalue weighted by atomic mass is 10.3. The smallest absolute Gasteiger partial charge is 0.157 e. The molecule has 0 amide bonds. The van der Waals surface area contributed by atoms with E-state index in [1.54, 1.807) is 6.07 Å². The van der Waals surface area contributed by atoms with Crippen LogP contribution in [0.3, 0.4) is 0 Å². The highest BCUT2D eigenvalue weighted by atomic mass is 79.9. The van der Waals surface area contributed by atoms with E-state index in [4.69, 9.17) is 17.3 Å². The van der Waals surface area contributed by atoms with E-state index in [1.807, 2.05) is 12.1 Å². The molecule has 5 heteroatoms. The van der Waals surface area contributed by atoms with Gasteiger partial charge >= 0.3 is 0 Å². The summed E-state index contributed by atoms with van der Waals surface area (Å²) < 4.78 is 0.544. The number of nitrogen functional groups attached to an aromatic ring is 1. The highest BCUT2D eigenvalue weighted by Gasteiger charge is 2.05. The maximum Gasteiger partial charge on any atom is 0.157 e. The van der Waals surface area contributed by atoms with Gasteiger partial charge < -0.3 is 5.73 Å². The van der Waals surface area contributed by atoms with Crippen LogP contribution < -0.4 is 5.73 Å². The summed E-state index contributed by atoms with van der Waals surface area (Å²) in [4.78, 5) is 8.29. The molecule has 0 aliphatic carbocycles. The summed E-state index contributed by atoms with van der Waals surface area (Å²) in [6.45, 7) is 0. The predicted octanol–water partition coefficient (Wildman–Crippen LogP) is 2.63. The average Bonchev–Trinajstić information content (AvgIpc) is 2.09. The molecular formula is C8H5BrClN3. The highest BCUT2D eigenvalue weighted by molar-refractivity contribution is 9.10. The van der Waals surface area contributed by atoms with Crippen molar-refractivity contribution in [1.82, 2.24) is 9.97 Å². The molecule has 0 atom stereocenters. The molecule has 1 aromatic carbocycles. The normalized spacial score (nSPS) is 10.6. The minimum Gasteiger partial charge on any atom is -0.381 e. The van der Waals surface area contributed by atoms with E-state index in [-0.39, 0.29) is 0 Å². The van der Waals surface area contributed by atoms with Crippen molar-refractivity contribution in [3.05, 3.63) is 27.8 Å². The number of nitrogens with zero attached hydrogens (tertiary/aromatic N) is 2. The molecule has 2 rings (SSSR count). The van der Waals surface area contributed by atoms with E-state index >= 15 is 0 Å². The Kier molecular flexibility index (Phi) is 2.09. The third-order valence-corrected chi connectivity index (χ3v) is 2.52. The van der Waals surface area contributed by atoms with Gasteiger partial charge in [0.2, 0.25) is 0 Å². The van der Waals surface area contributed by atoms with E-state index in [0.717, 1.165) is 5.52 Å². The molecule has 0 saturated heterocycles. The first kappa shape index (κ1) is 8.72. The number of halogens is 2. The van der Waals surface area contributed by atoms with E-state index in [1.165, 1.54) is 0 Å². The van der Waals surface area contributed by atoms with Crippen LogP contribution in [-0.2, 0) is 0 Å². The Morgan fingerprint density at radius 1 is 1.31 bits per heavy atom. The summed E-state index contributed by atoms with van der Waals surface area (Å²) in [6, 6.07) is 5.41. The van der Waals surface area contributed by atoms with Crippen molar-refractivity contribution in [3.63, 3.8) is 0 Å². The van der Waals surface area contributed by atoms with Crippen LogP contribution in [0.15, 0.2) is 22.8 Å². The number of para-hydroxylation sites is 1. The Morgan fingerprint density at radius 3 is 2.85 bits per heavy atom. The van der Waals surface area contributed by atoms with Crippen LogP contribution in [0.1, 0.15) is 0 Å². The molecule has 13 heavy (non-hydrogen) atoms. The lowest BCUT2D eigenvalue weighted by molar-refractivity contribution is 1.26. The van der Waals surface area contributed by atoms with Crippen LogP contribution in [0.4, 0.5) is 5.82 Å². The molecule has 0 aliphatic rings. The third-order valence-electron chi connectivity index (χ3n) is 1.63. The Bertz CT molecular complexity index is 472. The topological polar surface area (TPSA) is 51.8 Å². The van der Waals surface area contributed by atoms with Crippen LogP contribution in [0.25, 0.3) is 11.0 Å². The van der Waals surface area contributed by atoms with Crippen molar-refractivity contribution in [2.24, 2.45) is 0 Å². The van der Waals surface area contributed by atoms with E-state index < -0.39 is 0 Å². The zero-order valence-electron chi connectivity index (χ0n) is 6.46. The van der Waals surface area contributed by atoms with Gasteiger partial charge in [-0.15, -0.1) is 0 Å². The monoisotopic (exact) mass is 257 g/mol. The van der Waals surface area contributed by atoms with Crippen molar-refractivity contribution in [3.8, 4) is 0 Å². The molecule has 0 radical (unpaired) electrons. The first-order chi connectivity index (χ1) is 6.18. The summed E-state index contributed by atoms with van der Waals surface area (Å²) in [5, 5.41) is 0.559. The second-order valence-electron chi connectivity index (χ2n) is 2.51. The Labute approximate surface area is 88.1 Å². The number of fused-ring (bicyclic) bond motifs is 1. The molecule has 0 bridgehead atoms. The molecule has 0 aliphatic heterocycles. The summed E-state index contributed by atoms with van der Waals surface area (Å²) in [5.74, 6) is 0.348. The predicted molar refractivity (Wildman–Crippen MR) is 56.7 cm³/mol. The van der Waals surface area contributed by atoms with Crippen LogP contribution in [0, 0.1) is 0 Å². The fourth-order valence-electron chi connectivity index (χ4n) is 1.03. The van der Waals surface area contributed by atoms with Gasteiger partial charge in [-0.2, -0.15) is 0 Å². The second-order valence-corrected chi connectivity index (χ2v) is 3.67. The molecule has 1 aromatic heterocycles. The van der Waals surface area contributed by atoms with Crippen LogP contribution >= 0.6 is 27.5 Å². The van der Waals surface area contributed by atoms with E-state index in [9.17, 15) is 0 Å². The van der Waals surface area contributed by atoms with Crippen LogP contribution in [0.2, 0.25) is 5.02 Å². The zero-order valence-corrected chi connectivity index (χ0v) is 8.80. The molecule has 3 nitrogen and oxygen atoms in total. The van der Waals surface area contributed by atoms with Crippen LogP contribution in [0.5, 0.6) is 0 Å². The van der Waals surface area contributed by atoms with Gasteiger partial charge in [-0.3, -0.25) is 0 Å². The number of nitrogens with two attached hydrogens (primary N) is 1. The molecule has 66 valence electrons. The average molecular weight is 259 g/mol. The lowest BCUT2D eigenvalue weighted by Gasteiger charge is -2.01. The third kappa shape index (κ3) is 1.47. The molecule has 1 heterocycles. The summed E-state index contributed by atoms with van der Waals surface area (Å²) >= 11 is 9.11. The van der Waals surface area contributed by atoms with Gasteiger partial charge in [-0.05, 0) is 28.1 Å². The minimum absolute atomic E-state index is 0.348. The van der Waals surface area contributed by atoms with E-state index in [2.05, 4.69) is 25.9 Å². The summed E-state index contributed by atoms with van der Waals surface area (Å²) in [5.41, 5.74) is 6.94. The number of benzene rings is 1. The molecule has 0 spiro atoms. The van der Waals surface area contributed by atoms with E-state index in [0.29, 0.717) is 21.0 Å². The first-order valence-corrected chi connectivity index (χ1v) is 4.73. The van der Waals surface area contributed by atoms with Gasteiger partial charge in [0, 0.05) is 0 Å². The lowest BCUT2D eigenvalue weighted by Crippen LogP contribution is -1.95. The number of hydrogen-bond donors (Lipinski definition) is 1. The van der Waals surface area contributed by atoms with Gasteiger partial charge in [-0.1, -0.05) is 17.7 Å².